The van der Waals surface area contributed by atoms with Crippen molar-refractivity contribution in [3.8, 4) is 0 Å². The molecule has 0 heterocycles. The Balaban J connectivity index is 2.50. The number of nitrogens with zero attached hydrogens (tertiary/aromatic N) is 2. The molecule has 2 rings (SSSR count). The molecule has 2 aromatic carbocycles. The van der Waals surface area contributed by atoms with Crippen LogP contribution in [0.3, 0.4) is 0 Å². The van der Waals surface area contributed by atoms with E-state index in [2.05, 4.69) is 0 Å². The van der Waals surface area contributed by atoms with E-state index in [9.17, 15) is 13.2 Å². The number of hydrogen-bond acceptors (Lipinski definition) is 3. The Bertz CT molecular complexity index is 816. The Morgan fingerprint density at radius 3 is 2.04 bits per heavy atom. The highest BCUT2D eigenvalue weighted by Gasteiger charge is 2.25. The Hall–Kier alpha value is -2.34. The van der Waals surface area contributed by atoms with Crippen molar-refractivity contribution in [2.75, 3.05) is 23.7 Å². The van der Waals surface area contributed by atoms with Gasteiger partial charge in [-0.05, 0) is 31.5 Å². The normalized spacial score (nSPS) is 11.2. The molecule has 0 aromatic heterocycles. The summed E-state index contributed by atoms with van der Waals surface area (Å²) in [4.78, 5) is 14.5. The van der Waals surface area contributed by atoms with Crippen LogP contribution >= 0.6 is 0 Å². The fraction of sp³-hybridized carbons (Fsp3) is 0.316. The first-order valence-corrected chi connectivity index (χ1v) is 10.1. The van der Waals surface area contributed by atoms with Gasteiger partial charge in [0.2, 0.25) is 10.0 Å². The van der Waals surface area contributed by atoms with E-state index in [4.69, 9.17) is 0 Å². The molecule has 0 unspecified atom stereocenters. The van der Waals surface area contributed by atoms with Crippen LogP contribution in [0.1, 0.15) is 29.8 Å². The van der Waals surface area contributed by atoms with Gasteiger partial charge < -0.3 is 4.90 Å². The predicted octanol–water partition coefficient (Wildman–Crippen LogP) is 3.13. The third-order valence-corrected chi connectivity index (χ3v) is 5.15. The van der Waals surface area contributed by atoms with Gasteiger partial charge in [-0.15, -0.1) is 0 Å². The number of hydrogen-bond donors (Lipinski definition) is 0. The number of rotatable bonds is 7. The molecule has 0 aliphatic heterocycles. The van der Waals surface area contributed by atoms with Gasteiger partial charge in [-0.2, -0.15) is 0 Å². The molecule has 0 atom stereocenters. The van der Waals surface area contributed by atoms with Crippen LogP contribution in [0.15, 0.2) is 54.6 Å². The largest absolute Gasteiger partial charge is 0.339 e. The summed E-state index contributed by atoms with van der Waals surface area (Å²) < 4.78 is 26.1. The van der Waals surface area contributed by atoms with Crippen LogP contribution in [0.2, 0.25) is 0 Å². The monoisotopic (exact) mass is 360 g/mol. The molecular formula is C19H24N2O3S. The molecule has 0 saturated heterocycles. The molecule has 2 aromatic rings. The fourth-order valence-electron chi connectivity index (χ4n) is 2.68. The van der Waals surface area contributed by atoms with Crippen molar-refractivity contribution in [3.63, 3.8) is 0 Å². The molecule has 5 nitrogen and oxygen atoms in total. The number of para-hydroxylation sites is 1. The van der Waals surface area contributed by atoms with E-state index in [-0.39, 0.29) is 12.5 Å². The van der Waals surface area contributed by atoms with Gasteiger partial charge >= 0.3 is 0 Å². The van der Waals surface area contributed by atoms with Gasteiger partial charge in [0.15, 0.2) is 0 Å². The molecule has 0 aliphatic rings. The Morgan fingerprint density at radius 1 is 0.920 bits per heavy atom. The fourth-order valence-corrected chi connectivity index (χ4v) is 3.58. The highest BCUT2D eigenvalue weighted by Crippen LogP contribution is 2.26. The van der Waals surface area contributed by atoms with Gasteiger partial charge in [0.05, 0.1) is 24.1 Å². The third-order valence-electron chi connectivity index (χ3n) is 4.02. The number of amides is 1. The number of carbonyl (C=O) groups is 1. The minimum Gasteiger partial charge on any atom is -0.339 e. The SMILES string of the molecule is CCN(CC)C(=O)c1ccccc1N(Cc1ccccc1)S(C)(=O)=O. The second kappa shape index (κ2) is 8.16. The maximum atomic E-state index is 12.8. The van der Waals surface area contributed by atoms with E-state index in [1.54, 1.807) is 29.2 Å². The average Bonchev–Trinajstić information content (AvgIpc) is 2.60. The molecule has 1 amide bonds. The van der Waals surface area contributed by atoms with Crippen LogP contribution in [0.4, 0.5) is 5.69 Å². The molecule has 0 spiro atoms. The van der Waals surface area contributed by atoms with Gasteiger partial charge in [-0.25, -0.2) is 8.42 Å². The summed E-state index contributed by atoms with van der Waals surface area (Å²) in [5, 5.41) is 0. The maximum Gasteiger partial charge on any atom is 0.255 e. The molecule has 6 heteroatoms. The van der Waals surface area contributed by atoms with Crippen molar-refractivity contribution in [2.24, 2.45) is 0 Å². The number of sulfonamides is 1. The van der Waals surface area contributed by atoms with E-state index < -0.39 is 10.0 Å². The lowest BCUT2D eigenvalue weighted by atomic mass is 10.1. The first-order chi connectivity index (χ1) is 11.9. The van der Waals surface area contributed by atoms with E-state index in [1.165, 1.54) is 4.31 Å². The van der Waals surface area contributed by atoms with E-state index >= 15 is 0 Å². The zero-order valence-corrected chi connectivity index (χ0v) is 15.7. The Labute approximate surface area is 149 Å². The van der Waals surface area contributed by atoms with Crippen LogP contribution in [0.25, 0.3) is 0 Å². The first kappa shape index (κ1) is 19.0. The Morgan fingerprint density at radius 2 is 1.48 bits per heavy atom. The second-order valence-corrected chi connectivity index (χ2v) is 7.66. The van der Waals surface area contributed by atoms with E-state index in [1.807, 2.05) is 44.2 Å². The van der Waals surface area contributed by atoms with Crippen molar-refractivity contribution in [2.45, 2.75) is 20.4 Å². The minimum atomic E-state index is -3.55. The van der Waals surface area contributed by atoms with Gasteiger partial charge in [0.25, 0.3) is 5.91 Å². The molecule has 134 valence electrons. The molecule has 25 heavy (non-hydrogen) atoms. The summed E-state index contributed by atoms with van der Waals surface area (Å²) in [5.41, 5.74) is 1.66. The molecular weight excluding hydrogens is 336 g/mol. The highest BCUT2D eigenvalue weighted by atomic mass is 32.2. The number of carbonyl (C=O) groups excluding carboxylic acids is 1. The van der Waals surface area contributed by atoms with Crippen molar-refractivity contribution in [1.82, 2.24) is 4.90 Å². The van der Waals surface area contributed by atoms with E-state index in [0.717, 1.165) is 11.8 Å². The summed E-state index contributed by atoms with van der Waals surface area (Å²) in [6, 6.07) is 16.2. The van der Waals surface area contributed by atoms with Crippen LogP contribution in [0, 0.1) is 0 Å². The zero-order chi connectivity index (χ0) is 18.4. The quantitative estimate of drug-likeness (QED) is 0.762. The molecule has 0 fully saturated rings. The first-order valence-electron chi connectivity index (χ1n) is 8.28. The lowest BCUT2D eigenvalue weighted by Gasteiger charge is -2.27. The summed E-state index contributed by atoms with van der Waals surface area (Å²) in [7, 11) is -3.55. The summed E-state index contributed by atoms with van der Waals surface area (Å²) in [5.74, 6) is -0.165. The molecule has 0 bridgehead atoms. The average molecular weight is 360 g/mol. The molecule has 0 N–H and O–H groups in total. The summed E-state index contributed by atoms with van der Waals surface area (Å²) in [6.45, 7) is 5.13. The van der Waals surface area contributed by atoms with Crippen molar-refractivity contribution in [1.29, 1.82) is 0 Å². The van der Waals surface area contributed by atoms with Crippen LogP contribution in [-0.2, 0) is 16.6 Å². The summed E-state index contributed by atoms with van der Waals surface area (Å²) in [6.07, 6.45) is 1.16. The van der Waals surface area contributed by atoms with Gasteiger partial charge in [0, 0.05) is 13.1 Å². The predicted molar refractivity (Wildman–Crippen MR) is 101 cm³/mol. The number of anilines is 1. The van der Waals surface area contributed by atoms with E-state index in [0.29, 0.717) is 24.3 Å². The lowest BCUT2D eigenvalue weighted by molar-refractivity contribution is 0.0774. The van der Waals surface area contributed by atoms with Crippen molar-refractivity contribution < 1.29 is 13.2 Å². The van der Waals surface area contributed by atoms with Gasteiger partial charge in [0.1, 0.15) is 0 Å². The standard InChI is InChI=1S/C19H24N2O3S/c1-4-20(5-2)19(22)17-13-9-10-14-18(17)21(25(3,23)24)15-16-11-7-6-8-12-16/h6-14H,4-5,15H2,1-3H3. The third kappa shape index (κ3) is 4.60. The van der Waals surface area contributed by atoms with Crippen LogP contribution in [0.5, 0.6) is 0 Å². The van der Waals surface area contributed by atoms with Crippen LogP contribution < -0.4 is 4.31 Å². The number of benzene rings is 2. The van der Waals surface area contributed by atoms with Crippen LogP contribution in [-0.4, -0.2) is 38.6 Å². The lowest BCUT2D eigenvalue weighted by Crippen LogP contribution is -2.34. The smallest absolute Gasteiger partial charge is 0.255 e. The summed E-state index contributed by atoms with van der Waals surface area (Å²) >= 11 is 0. The molecule has 0 aliphatic carbocycles. The topological polar surface area (TPSA) is 57.7 Å². The molecule has 0 radical (unpaired) electrons. The van der Waals surface area contributed by atoms with Gasteiger partial charge in [-0.3, -0.25) is 9.10 Å². The minimum absolute atomic E-state index is 0.165. The zero-order valence-electron chi connectivity index (χ0n) is 14.8. The Kier molecular flexibility index (Phi) is 6.20. The molecule has 0 saturated carbocycles. The van der Waals surface area contributed by atoms with Crippen molar-refractivity contribution in [3.05, 3.63) is 65.7 Å². The second-order valence-electron chi connectivity index (χ2n) is 5.75. The van der Waals surface area contributed by atoms with Gasteiger partial charge in [-0.1, -0.05) is 42.5 Å². The van der Waals surface area contributed by atoms with Crippen molar-refractivity contribution >= 4 is 21.6 Å². The maximum absolute atomic E-state index is 12.8. The highest BCUT2D eigenvalue weighted by molar-refractivity contribution is 7.92.